The Morgan fingerprint density at radius 3 is 2.44 bits per heavy atom. The first-order valence-corrected chi connectivity index (χ1v) is 10.3. The van der Waals surface area contributed by atoms with Crippen molar-refractivity contribution in [3.63, 3.8) is 0 Å². The van der Waals surface area contributed by atoms with Crippen LogP contribution in [0.5, 0.6) is 0 Å². The highest BCUT2D eigenvalue weighted by Crippen LogP contribution is 2.33. The van der Waals surface area contributed by atoms with Crippen LogP contribution in [-0.4, -0.2) is 51.0 Å². The Morgan fingerprint density at radius 1 is 1.24 bits per heavy atom. The molecular formula is C18H26N2O4S. The van der Waals surface area contributed by atoms with E-state index >= 15 is 0 Å². The molecule has 1 saturated carbocycles. The van der Waals surface area contributed by atoms with Crippen LogP contribution in [0.3, 0.4) is 0 Å². The van der Waals surface area contributed by atoms with Crippen LogP contribution in [0.2, 0.25) is 0 Å². The summed E-state index contributed by atoms with van der Waals surface area (Å²) in [6, 6.07) is 8.51. The largest absolute Gasteiger partial charge is 0.385 e. The van der Waals surface area contributed by atoms with Crippen molar-refractivity contribution in [2.75, 3.05) is 26.8 Å². The number of ether oxygens (including phenoxy) is 1. The first-order chi connectivity index (χ1) is 12.0. The quantitative estimate of drug-likeness (QED) is 0.798. The van der Waals surface area contributed by atoms with E-state index in [2.05, 4.69) is 5.32 Å². The number of hydrogen-bond acceptors (Lipinski definition) is 4. The van der Waals surface area contributed by atoms with Crippen LogP contribution in [0.1, 0.15) is 32.1 Å². The molecule has 25 heavy (non-hydrogen) atoms. The molecule has 0 unspecified atom stereocenters. The maximum atomic E-state index is 12.8. The predicted octanol–water partition coefficient (Wildman–Crippen LogP) is 1.77. The molecule has 1 heterocycles. The minimum Gasteiger partial charge on any atom is -0.385 e. The second-order valence-electron chi connectivity index (χ2n) is 7.00. The molecule has 2 aliphatic rings. The van der Waals surface area contributed by atoms with Crippen LogP contribution in [0, 0.1) is 5.92 Å². The van der Waals surface area contributed by atoms with Gasteiger partial charge in [0.1, 0.15) is 0 Å². The van der Waals surface area contributed by atoms with E-state index < -0.39 is 10.0 Å². The molecule has 1 aromatic carbocycles. The van der Waals surface area contributed by atoms with E-state index in [1.165, 1.54) is 4.31 Å². The van der Waals surface area contributed by atoms with Crippen molar-refractivity contribution >= 4 is 15.9 Å². The van der Waals surface area contributed by atoms with Gasteiger partial charge >= 0.3 is 0 Å². The molecule has 0 atom stereocenters. The van der Waals surface area contributed by atoms with Gasteiger partial charge in [0.2, 0.25) is 15.9 Å². The minimum atomic E-state index is -3.48. The number of nitrogens with one attached hydrogen (secondary N) is 1. The van der Waals surface area contributed by atoms with Crippen molar-refractivity contribution < 1.29 is 17.9 Å². The van der Waals surface area contributed by atoms with Gasteiger partial charge in [-0.3, -0.25) is 4.79 Å². The standard InChI is InChI=1S/C18H26N2O4S/c1-24-14-11-18(19-17(21)15-7-8-15)9-12-20(13-10-18)25(22,23)16-5-3-2-4-6-16/h2-6,15H,7-14H2,1H3,(H,19,21). The molecular weight excluding hydrogens is 340 g/mol. The molecule has 1 aromatic rings. The van der Waals surface area contributed by atoms with Crippen molar-refractivity contribution in [2.45, 2.75) is 42.5 Å². The molecule has 6 nitrogen and oxygen atoms in total. The Kier molecular flexibility index (Phi) is 5.46. The minimum absolute atomic E-state index is 0.107. The fourth-order valence-electron chi connectivity index (χ4n) is 3.34. The van der Waals surface area contributed by atoms with E-state index in [4.69, 9.17) is 4.74 Å². The van der Waals surface area contributed by atoms with Gasteiger partial charge in [-0.25, -0.2) is 8.42 Å². The number of rotatable bonds is 7. The molecule has 1 saturated heterocycles. The summed E-state index contributed by atoms with van der Waals surface area (Å²) >= 11 is 0. The van der Waals surface area contributed by atoms with Crippen LogP contribution < -0.4 is 5.32 Å². The van der Waals surface area contributed by atoms with E-state index in [0.29, 0.717) is 43.9 Å². The van der Waals surface area contributed by atoms with E-state index in [-0.39, 0.29) is 17.4 Å². The summed E-state index contributed by atoms with van der Waals surface area (Å²) in [7, 11) is -1.83. The fourth-order valence-corrected chi connectivity index (χ4v) is 4.80. The summed E-state index contributed by atoms with van der Waals surface area (Å²) in [5, 5.41) is 3.20. The van der Waals surface area contributed by atoms with Gasteiger partial charge in [-0.15, -0.1) is 0 Å². The number of hydrogen-bond donors (Lipinski definition) is 1. The van der Waals surface area contributed by atoms with Crippen LogP contribution >= 0.6 is 0 Å². The summed E-state index contributed by atoms with van der Waals surface area (Å²) in [6.45, 7) is 1.37. The molecule has 2 fully saturated rings. The molecule has 138 valence electrons. The van der Waals surface area contributed by atoms with Gasteiger partial charge in [0.05, 0.1) is 4.90 Å². The van der Waals surface area contributed by atoms with Gasteiger partial charge < -0.3 is 10.1 Å². The average Bonchev–Trinajstić information content (AvgIpc) is 3.46. The summed E-state index contributed by atoms with van der Waals surface area (Å²) < 4.78 is 32.3. The van der Waals surface area contributed by atoms with Gasteiger partial charge in [0.25, 0.3) is 0 Å². The van der Waals surface area contributed by atoms with E-state index in [1.807, 2.05) is 0 Å². The lowest BCUT2D eigenvalue weighted by Gasteiger charge is -2.42. The van der Waals surface area contributed by atoms with E-state index in [9.17, 15) is 13.2 Å². The lowest BCUT2D eigenvalue weighted by molar-refractivity contribution is -0.125. The summed E-state index contributed by atoms with van der Waals surface area (Å²) in [5.74, 6) is 0.251. The fraction of sp³-hybridized carbons (Fsp3) is 0.611. The molecule has 1 amide bonds. The predicted molar refractivity (Wildman–Crippen MR) is 94.5 cm³/mol. The number of carbonyl (C=O) groups excluding carboxylic acids is 1. The summed E-state index contributed by atoms with van der Waals surface area (Å²) in [4.78, 5) is 12.6. The molecule has 1 aliphatic carbocycles. The summed E-state index contributed by atoms with van der Waals surface area (Å²) in [5.41, 5.74) is -0.363. The Bertz CT molecular complexity index is 693. The lowest BCUT2D eigenvalue weighted by atomic mass is 9.85. The lowest BCUT2D eigenvalue weighted by Crippen LogP contribution is -2.56. The smallest absolute Gasteiger partial charge is 0.243 e. The van der Waals surface area contributed by atoms with Crippen LogP contribution in [-0.2, 0) is 19.6 Å². The molecule has 0 aromatic heterocycles. The topological polar surface area (TPSA) is 75.7 Å². The van der Waals surface area contributed by atoms with Crippen LogP contribution in [0.4, 0.5) is 0 Å². The number of piperidine rings is 1. The number of carbonyl (C=O) groups is 1. The Hall–Kier alpha value is -1.44. The van der Waals surface area contributed by atoms with Crippen LogP contribution in [0.15, 0.2) is 35.2 Å². The van der Waals surface area contributed by atoms with Crippen molar-refractivity contribution in [3.8, 4) is 0 Å². The maximum absolute atomic E-state index is 12.8. The number of benzene rings is 1. The average molecular weight is 366 g/mol. The zero-order chi connectivity index (χ0) is 17.9. The van der Waals surface area contributed by atoms with Crippen molar-refractivity contribution in [1.82, 2.24) is 9.62 Å². The van der Waals surface area contributed by atoms with Gasteiger partial charge in [-0.1, -0.05) is 18.2 Å². The zero-order valence-corrected chi connectivity index (χ0v) is 15.4. The van der Waals surface area contributed by atoms with Crippen molar-refractivity contribution in [3.05, 3.63) is 30.3 Å². The van der Waals surface area contributed by atoms with Gasteiger partial charge in [0, 0.05) is 38.3 Å². The molecule has 3 rings (SSSR count). The van der Waals surface area contributed by atoms with Gasteiger partial charge in [-0.05, 0) is 44.2 Å². The Balaban J connectivity index is 1.69. The van der Waals surface area contributed by atoms with E-state index in [1.54, 1.807) is 37.4 Å². The highest BCUT2D eigenvalue weighted by atomic mass is 32.2. The molecule has 0 spiro atoms. The number of sulfonamides is 1. The van der Waals surface area contributed by atoms with Crippen molar-refractivity contribution in [1.29, 1.82) is 0 Å². The van der Waals surface area contributed by atoms with E-state index in [0.717, 1.165) is 12.8 Å². The zero-order valence-electron chi connectivity index (χ0n) is 14.6. The highest BCUT2D eigenvalue weighted by molar-refractivity contribution is 7.89. The highest BCUT2D eigenvalue weighted by Gasteiger charge is 2.41. The monoisotopic (exact) mass is 366 g/mol. The Morgan fingerprint density at radius 2 is 1.88 bits per heavy atom. The van der Waals surface area contributed by atoms with Crippen molar-refractivity contribution in [2.24, 2.45) is 5.92 Å². The van der Waals surface area contributed by atoms with Gasteiger partial charge in [-0.2, -0.15) is 4.31 Å². The van der Waals surface area contributed by atoms with Gasteiger partial charge in [0.15, 0.2) is 0 Å². The first-order valence-electron chi connectivity index (χ1n) is 8.83. The van der Waals surface area contributed by atoms with Crippen LogP contribution in [0.25, 0.3) is 0 Å². The maximum Gasteiger partial charge on any atom is 0.243 e. The third kappa shape index (κ3) is 4.22. The second kappa shape index (κ2) is 7.43. The SMILES string of the molecule is COCCC1(NC(=O)C2CC2)CCN(S(=O)(=O)c2ccccc2)CC1. The third-order valence-electron chi connectivity index (χ3n) is 5.18. The summed E-state index contributed by atoms with van der Waals surface area (Å²) in [6.07, 6.45) is 3.85. The number of methoxy groups -OCH3 is 1. The second-order valence-corrected chi connectivity index (χ2v) is 8.94. The third-order valence-corrected chi connectivity index (χ3v) is 7.09. The number of nitrogens with zero attached hydrogens (tertiary/aromatic N) is 1. The number of amides is 1. The molecule has 1 N–H and O–H groups in total. The molecule has 1 aliphatic heterocycles. The molecule has 0 radical (unpaired) electrons. The molecule has 0 bridgehead atoms. The first kappa shape index (κ1) is 18.4. The normalized spacial score (nSPS) is 21.0. The Labute approximate surface area is 149 Å². The molecule has 7 heteroatoms.